The van der Waals surface area contributed by atoms with Crippen LogP contribution in [-0.4, -0.2) is 63.5 Å². The number of rotatable bonds is 2. The molecule has 4 aromatic carbocycles. The zero-order chi connectivity index (χ0) is 39.5. The number of nitrogens with zero attached hydrogens (tertiary/aromatic N) is 2. The Balaban J connectivity index is 1.12. The zero-order valence-corrected chi connectivity index (χ0v) is 34.5. The first-order chi connectivity index (χ1) is 27.0. The molecule has 7 aliphatic heterocycles. The minimum Gasteiger partial charge on any atom is -0.490 e. The minimum atomic E-state index is -0.463. The quantitative estimate of drug-likeness (QED) is 0.203. The molecule has 7 heterocycles. The monoisotopic (exact) mass is 758 g/mol. The van der Waals surface area contributed by atoms with Crippen LogP contribution in [0.5, 0.6) is 23.0 Å². The predicted octanol–water partition coefficient (Wildman–Crippen LogP) is 9.66. The van der Waals surface area contributed by atoms with Crippen LogP contribution in [0.4, 0.5) is 0 Å². The van der Waals surface area contributed by atoms with Crippen molar-refractivity contribution >= 4 is 11.8 Å². The Kier molecular flexibility index (Phi) is 11.7. The van der Waals surface area contributed by atoms with Gasteiger partial charge in [0.1, 0.15) is 68.1 Å². The molecule has 0 saturated carbocycles. The van der Waals surface area contributed by atoms with E-state index in [0.29, 0.717) is 39.6 Å². The third-order valence-electron chi connectivity index (χ3n) is 11.8. The van der Waals surface area contributed by atoms with Crippen molar-refractivity contribution < 1.29 is 28.4 Å². The van der Waals surface area contributed by atoms with Crippen LogP contribution in [0, 0.1) is 33.1 Å². The van der Waals surface area contributed by atoms with Gasteiger partial charge in [0.25, 0.3) is 0 Å². The largest absolute Gasteiger partial charge is 0.490 e. The molecule has 0 N–H and O–H groups in total. The van der Waals surface area contributed by atoms with E-state index in [1.807, 2.05) is 24.3 Å². The standard InChI is InChI=1S/C48H58N2O6/c1-9-48(10-2)45-49-39(29-55-45)27-35-11-15-41(16-12-35)51-19-21-53-43-31(3)23-37(24-32(43)4)47(7,8)38-25-33(5)44(34(6)26-38)54-22-20-52-42-17-13-36(14-18-42)28-40-30-56-46(48)50-40/h11-18,23-26,39-40H,9-10,19-22,27-30H2,1-8H3/t39-,40-/m0/s1. The van der Waals surface area contributed by atoms with Crippen LogP contribution in [0.3, 0.4) is 0 Å². The van der Waals surface area contributed by atoms with Gasteiger partial charge >= 0.3 is 0 Å². The highest BCUT2D eigenvalue weighted by Crippen LogP contribution is 2.40. The number of benzene rings is 4. The Morgan fingerprint density at radius 2 is 0.875 bits per heavy atom. The summed E-state index contributed by atoms with van der Waals surface area (Å²) in [6, 6.07) is 25.7. The first-order valence-electron chi connectivity index (χ1n) is 20.3. The molecule has 0 unspecified atom stereocenters. The van der Waals surface area contributed by atoms with Crippen molar-refractivity contribution in [2.75, 3.05) is 39.6 Å². The summed E-state index contributed by atoms with van der Waals surface area (Å²) >= 11 is 0. The smallest absolute Gasteiger partial charge is 0.199 e. The van der Waals surface area contributed by atoms with E-state index in [0.717, 1.165) is 82.7 Å². The van der Waals surface area contributed by atoms with Crippen molar-refractivity contribution in [3.63, 3.8) is 0 Å². The predicted molar refractivity (Wildman–Crippen MR) is 224 cm³/mol. The topological polar surface area (TPSA) is 80.1 Å². The summed E-state index contributed by atoms with van der Waals surface area (Å²) in [5, 5.41) is 0. The summed E-state index contributed by atoms with van der Waals surface area (Å²) in [7, 11) is 0. The maximum Gasteiger partial charge on any atom is 0.199 e. The number of ether oxygens (including phenoxy) is 6. The lowest BCUT2D eigenvalue weighted by atomic mass is 9.76. The molecular formula is C48H58N2O6. The molecule has 0 aliphatic carbocycles. The molecule has 0 fully saturated rings. The van der Waals surface area contributed by atoms with Crippen LogP contribution in [0.2, 0.25) is 0 Å². The van der Waals surface area contributed by atoms with Gasteiger partial charge in [0, 0.05) is 5.41 Å². The molecule has 7 aliphatic rings. The molecule has 0 aromatic heterocycles. The lowest BCUT2D eigenvalue weighted by molar-refractivity contribution is 0.215. The van der Waals surface area contributed by atoms with Gasteiger partial charge in [0.05, 0.1) is 12.1 Å². The van der Waals surface area contributed by atoms with E-state index in [4.69, 9.17) is 38.4 Å². The van der Waals surface area contributed by atoms with Gasteiger partial charge in [0.15, 0.2) is 11.8 Å². The molecule has 56 heavy (non-hydrogen) atoms. The summed E-state index contributed by atoms with van der Waals surface area (Å²) < 4.78 is 37.5. The Morgan fingerprint density at radius 1 is 0.518 bits per heavy atom. The van der Waals surface area contributed by atoms with Gasteiger partial charge in [-0.2, -0.15) is 0 Å². The SMILES string of the molecule is CCC1(CC)C2=N[C@H](CO2)Cc2ccc(cc2)OCCOc2c(C)cc(cc2C)C(C)(C)c2cc(C)c(c(C)c2)OCCOc2ccc(cc2)C[C@H]2COC1=N2. The van der Waals surface area contributed by atoms with Gasteiger partial charge in [-0.15, -0.1) is 0 Å². The van der Waals surface area contributed by atoms with Gasteiger partial charge in [-0.05, 0) is 122 Å². The first kappa shape index (κ1) is 39.3. The van der Waals surface area contributed by atoms with Gasteiger partial charge in [0.2, 0.25) is 0 Å². The molecule has 0 spiro atoms. The molecule has 0 radical (unpaired) electrons. The molecule has 0 amide bonds. The second-order valence-corrected chi connectivity index (χ2v) is 16.2. The minimum absolute atomic E-state index is 0.0349. The lowest BCUT2D eigenvalue weighted by Gasteiger charge is -2.29. The van der Waals surface area contributed by atoms with Crippen LogP contribution >= 0.6 is 0 Å². The van der Waals surface area contributed by atoms with Crippen molar-refractivity contribution in [2.45, 2.75) is 98.6 Å². The molecule has 12 bridgehead atoms. The molecule has 0 saturated heterocycles. The second kappa shape index (κ2) is 16.6. The number of hydrogen-bond acceptors (Lipinski definition) is 8. The van der Waals surface area contributed by atoms with Crippen molar-refractivity contribution in [3.05, 3.63) is 117 Å². The summed E-state index contributed by atoms with van der Waals surface area (Å²) in [4.78, 5) is 10.2. The molecule has 11 rings (SSSR count). The van der Waals surface area contributed by atoms with Crippen molar-refractivity contribution in [1.29, 1.82) is 0 Å². The van der Waals surface area contributed by atoms with E-state index in [-0.39, 0.29) is 17.5 Å². The maximum atomic E-state index is 6.33. The molecule has 2 atom stereocenters. The van der Waals surface area contributed by atoms with Gasteiger partial charge in [-0.3, -0.25) is 0 Å². The van der Waals surface area contributed by atoms with Crippen LogP contribution in [0.25, 0.3) is 0 Å². The van der Waals surface area contributed by atoms with E-state index in [1.165, 1.54) is 22.3 Å². The van der Waals surface area contributed by atoms with E-state index >= 15 is 0 Å². The molecule has 8 heteroatoms. The fourth-order valence-electron chi connectivity index (χ4n) is 8.35. The number of aryl methyl sites for hydroxylation is 4. The highest BCUT2D eigenvalue weighted by Gasteiger charge is 2.46. The molecule has 4 aromatic rings. The van der Waals surface area contributed by atoms with Crippen LogP contribution in [0.15, 0.2) is 82.8 Å². The van der Waals surface area contributed by atoms with Gasteiger partial charge in [-0.25, -0.2) is 9.98 Å². The maximum absolute atomic E-state index is 6.33. The van der Waals surface area contributed by atoms with E-state index in [2.05, 4.69) is 104 Å². The van der Waals surface area contributed by atoms with E-state index in [1.54, 1.807) is 0 Å². The number of fused-ring (bicyclic) bond motifs is 4. The van der Waals surface area contributed by atoms with Crippen LogP contribution in [-0.2, 0) is 27.7 Å². The Morgan fingerprint density at radius 3 is 1.23 bits per heavy atom. The summed E-state index contributed by atoms with van der Waals surface area (Å²) in [6.45, 7) is 20.3. The van der Waals surface area contributed by atoms with Gasteiger partial charge < -0.3 is 28.4 Å². The fraction of sp³-hybridized carbons (Fsp3) is 0.458. The zero-order valence-electron chi connectivity index (χ0n) is 34.5. The summed E-state index contributed by atoms with van der Waals surface area (Å²) in [5.74, 6) is 4.96. The van der Waals surface area contributed by atoms with E-state index in [9.17, 15) is 0 Å². The normalized spacial score (nSPS) is 20.7. The molecular weight excluding hydrogens is 701 g/mol. The number of aliphatic imine (C=N–C) groups is 2. The highest BCUT2D eigenvalue weighted by atomic mass is 16.5. The van der Waals surface area contributed by atoms with Crippen LogP contribution < -0.4 is 18.9 Å². The Bertz CT molecular complexity index is 1870. The average Bonchev–Trinajstić information content (AvgIpc) is 3.86. The third-order valence-corrected chi connectivity index (χ3v) is 11.8. The first-order valence-corrected chi connectivity index (χ1v) is 20.3. The van der Waals surface area contributed by atoms with Gasteiger partial charge in [-0.1, -0.05) is 76.2 Å². The average molecular weight is 759 g/mol. The van der Waals surface area contributed by atoms with Crippen LogP contribution in [0.1, 0.15) is 85.0 Å². The number of hydrogen-bond donors (Lipinski definition) is 0. The fourth-order valence-corrected chi connectivity index (χ4v) is 8.35. The summed E-state index contributed by atoms with van der Waals surface area (Å²) in [6.07, 6.45) is 3.18. The van der Waals surface area contributed by atoms with E-state index < -0.39 is 5.41 Å². The summed E-state index contributed by atoms with van der Waals surface area (Å²) in [5.41, 5.74) is 8.64. The Hall–Kier alpha value is -4.98. The van der Waals surface area contributed by atoms with Crippen molar-refractivity contribution in [2.24, 2.45) is 15.4 Å². The molecule has 8 nitrogen and oxygen atoms in total. The third kappa shape index (κ3) is 8.25. The second-order valence-electron chi connectivity index (χ2n) is 16.2. The Labute approximate surface area is 333 Å². The lowest BCUT2D eigenvalue weighted by Crippen LogP contribution is -2.39. The highest BCUT2D eigenvalue weighted by molar-refractivity contribution is 6.06. The van der Waals surface area contributed by atoms with Crippen molar-refractivity contribution in [3.8, 4) is 23.0 Å². The van der Waals surface area contributed by atoms with Crippen molar-refractivity contribution in [1.82, 2.24) is 0 Å². The molecule has 296 valence electrons.